The van der Waals surface area contributed by atoms with Gasteiger partial charge >= 0.3 is 0 Å². The van der Waals surface area contributed by atoms with Gasteiger partial charge in [-0.1, -0.05) is 42.5 Å². The highest BCUT2D eigenvalue weighted by atomic mass is 13.4. The molecule has 0 heterocycles. The second-order valence-corrected chi connectivity index (χ2v) is 0.707. The first-order valence-corrected chi connectivity index (χ1v) is 1.75. The van der Waals surface area contributed by atoms with Crippen LogP contribution >= 0.6 is 0 Å². The van der Waals surface area contributed by atoms with Crippen LogP contribution in [0.1, 0.15) is 42.5 Å². The van der Waals surface area contributed by atoms with Crippen LogP contribution in [0, 0.1) is 12.8 Å². The molecule has 0 aliphatic heterocycles. The summed E-state index contributed by atoms with van der Waals surface area (Å²) in [6.07, 6.45) is 9.25. The zero-order valence-electron chi connectivity index (χ0n) is 3.86. The Balaban J connectivity index is -0.00000000567. The molecule has 0 radical (unpaired) electrons. The maximum absolute atomic E-state index is 4.00. The Bertz CT molecular complexity index is 11.2. The molecule has 0 fully saturated rings. The molecule has 0 aromatic carbocycles. The minimum Gasteiger partial charge on any atom is -0.124 e. The predicted octanol–water partition coefficient (Wildman–Crippen LogP) is 3.57. The van der Waals surface area contributed by atoms with Crippen molar-refractivity contribution in [1.29, 1.82) is 0 Å². The summed E-state index contributed by atoms with van der Waals surface area (Å²) in [4.78, 5) is 0. The maximum Gasteiger partial charge on any atom is -0.0590 e. The molecular weight excluding hydrogens is 96.1 g/mol. The van der Waals surface area contributed by atoms with Crippen molar-refractivity contribution in [2.45, 2.75) is 42.5 Å². The van der Waals surface area contributed by atoms with E-state index >= 15 is 0 Å². The average Bonchev–Trinajstić information content (AvgIpc) is 1.46. The summed E-state index contributed by atoms with van der Waals surface area (Å²) >= 11 is 0. The molecule has 0 saturated carbocycles. The SMILES string of the molecule is C.C.C.C#C.CCC. The van der Waals surface area contributed by atoms with Crippen molar-refractivity contribution in [3.05, 3.63) is 0 Å². The first-order valence-electron chi connectivity index (χ1n) is 1.75. The third-order valence-electron chi connectivity index (χ3n) is 0. The van der Waals surface area contributed by atoms with Gasteiger partial charge in [0.15, 0.2) is 0 Å². The Kier molecular flexibility index (Phi) is 4010. The topological polar surface area (TPSA) is 0 Å². The lowest BCUT2D eigenvalue weighted by Crippen LogP contribution is -1.27. The normalized spacial score (nSPS) is 2.50. The minimum atomic E-state index is 0. The molecule has 0 aliphatic rings. The fourth-order valence-corrected chi connectivity index (χ4v) is 0. The molecule has 0 aromatic heterocycles. The van der Waals surface area contributed by atoms with E-state index < -0.39 is 0 Å². The fourth-order valence-electron chi connectivity index (χ4n) is 0. The van der Waals surface area contributed by atoms with Crippen molar-refractivity contribution < 1.29 is 0 Å². The van der Waals surface area contributed by atoms with E-state index in [1.165, 1.54) is 6.42 Å². The monoisotopic (exact) mass is 118 g/mol. The average molecular weight is 118 g/mol. The zero-order valence-corrected chi connectivity index (χ0v) is 3.86. The standard InChI is InChI=1S/C3H8.C2H2.3CH4/c1-3-2;1-2;;;/h3H2,1-2H3;1-2H;3*1H4. The first-order chi connectivity index (χ1) is 2.41. The summed E-state index contributed by atoms with van der Waals surface area (Å²) in [6, 6.07) is 0. The van der Waals surface area contributed by atoms with E-state index in [4.69, 9.17) is 0 Å². The molecule has 0 aromatic rings. The van der Waals surface area contributed by atoms with Crippen LogP contribution < -0.4 is 0 Å². The molecule has 0 N–H and O–H groups in total. The second kappa shape index (κ2) is 647. The molecule has 54 valence electrons. The van der Waals surface area contributed by atoms with Crippen molar-refractivity contribution in [2.24, 2.45) is 0 Å². The lowest BCUT2D eigenvalue weighted by atomic mass is 10.6. The van der Waals surface area contributed by atoms with Gasteiger partial charge in [-0.25, -0.2) is 0 Å². The molecule has 0 unspecified atom stereocenters. The number of terminal acetylenes is 1. The summed E-state index contributed by atoms with van der Waals surface area (Å²) in [5, 5.41) is 0. The van der Waals surface area contributed by atoms with E-state index in [1.807, 2.05) is 0 Å². The van der Waals surface area contributed by atoms with E-state index in [2.05, 4.69) is 26.7 Å². The highest BCUT2D eigenvalue weighted by molar-refractivity contribution is 4.47. The van der Waals surface area contributed by atoms with Gasteiger partial charge in [0.1, 0.15) is 0 Å². The Labute approximate surface area is 56.3 Å². The van der Waals surface area contributed by atoms with Gasteiger partial charge in [0.2, 0.25) is 0 Å². The fraction of sp³-hybridized carbons (Fsp3) is 0.750. The number of hydrogen-bond acceptors (Lipinski definition) is 0. The Hall–Kier alpha value is -0.440. The van der Waals surface area contributed by atoms with Gasteiger partial charge in [0, 0.05) is 0 Å². The lowest BCUT2D eigenvalue weighted by molar-refractivity contribution is 1.09. The van der Waals surface area contributed by atoms with E-state index in [0.717, 1.165) is 0 Å². The second-order valence-electron chi connectivity index (χ2n) is 0.707. The molecule has 8 heavy (non-hydrogen) atoms. The molecule has 0 bridgehead atoms. The smallest absolute Gasteiger partial charge is 0.0590 e. The zero-order chi connectivity index (χ0) is 4.71. The maximum atomic E-state index is 4.00. The third kappa shape index (κ3) is 597. The lowest BCUT2D eigenvalue weighted by Gasteiger charge is -1.48. The molecule has 0 nitrogen and oxygen atoms in total. The van der Waals surface area contributed by atoms with Crippen LogP contribution in [0.3, 0.4) is 0 Å². The van der Waals surface area contributed by atoms with Gasteiger partial charge < -0.3 is 0 Å². The number of hydrogen-bond donors (Lipinski definition) is 0. The Morgan fingerprint density at radius 1 is 0.875 bits per heavy atom. The predicted molar refractivity (Wildman–Crippen MR) is 46.0 cm³/mol. The van der Waals surface area contributed by atoms with Crippen molar-refractivity contribution in [1.82, 2.24) is 0 Å². The van der Waals surface area contributed by atoms with Crippen LogP contribution in [0.4, 0.5) is 0 Å². The van der Waals surface area contributed by atoms with E-state index in [-0.39, 0.29) is 22.3 Å². The molecule has 0 saturated heterocycles. The summed E-state index contributed by atoms with van der Waals surface area (Å²) in [5.74, 6) is 0. The highest BCUT2D eigenvalue weighted by Gasteiger charge is 1.35. The van der Waals surface area contributed by atoms with Crippen molar-refractivity contribution in [2.75, 3.05) is 0 Å². The quantitative estimate of drug-likeness (QED) is 0.426. The van der Waals surface area contributed by atoms with Crippen LogP contribution in [0.5, 0.6) is 0 Å². The third-order valence-corrected chi connectivity index (χ3v) is 0. The van der Waals surface area contributed by atoms with Crippen LogP contribution in [-0.2, 0) is 0 Å². The summed E-state index contributed by atoms with van der Waals surface area (Å²) in [7, 11) is 0. The van der Waals surface area contributed by atoms with Gasteiger partial charge in [-0.2, -0.15) is 0 Å². The van der Waals surface area contributed by atoms with Gasteiger partial charge in [-0.05, 0) is 0 Å². The summed E-state index contributed by atoms with van der Waals surface area (Å²) in [6.45, 7) is 4.25. The van der Waals surface area contributed by atoms with Crippen LogP contribution in [0.25, 0.3) is 0 Å². The van der Waals surface area contributed by atoms with E-state index in [9.17, 15) is 0 Å². The Morgan fingerprint density at radius 3 is 0.875 bits per heavy atom. The van der Waals surface area contributed by atoms with Gasteiger partial charge in [0.25, 0.3) is 0 Å². The summed E-state index contributed by atoms with van der Waals surface area (Å²) in [5.41, 5.74) is 0. The van der Waals surface area contributed by atoms with Crippen molar-refractivity contribution in [3.8, 4) is 12.8 Å². The molecule has 0 rings (SSSR count). The van der Waals surface area contributed by atoms with Gasteiger partial charge in [0.05, 0.1) is 0 Å². The molecule has 0 heteroatoms. The largest absolute Gasteiger partial charge is 0.124 e. The van der Waals surface area contributed by atoms with Gasteiger partial charge in [-0.3, -0.25) is 0 Å². The molecule has 0 aliphatic carbocycles. The van der Waals surface area contributed by atoms with Crippen LogP contribution in [0.2, 0.25) is 0 Å². The first kappa shape index (κ1) is 49.6. The van der Waals surface area contributed by atoms with Crippen molar-refractivity contribution >= 4 is 0 Å². The van der Waals surface area contributed by atoms with Crippen LogP contribution in [-0.4, -0.2) is 0 Å². The number of rotatable bonds is 0. The molecule has 0 spiro atoms. The minimum absolute atomic E-state index is 0. The molecular formula is C8H22. The molecule has 0 amide bonds. The van der Waals surface area contributed by atoms with E-state index in [1.54, 1.807) is 0 Å². The van der Waals surface area contributed by atoms with Crippen molar-refractivity contribution in [3.63, 3.8) is 0 Å². The van der Waals surface area contributed by atoms with Gasteiger partial charge in [-0.15, -0.1) is 12.8 Å². The highest BCUT2D eigenvalue weighted by Crippen LogP contribution is 1.56. The molecule has 0 atom stereocenters. The van der Waals surface area contributed by atoms with E-state index in [0.29, 0.717) is 0 Å². The summed E-state index contributed by atoms with van der Waals surface area (Å²) < 4.78 is 0. The Morgan fingerprint density at radius 2 is 0.875 bits per heavy atom. The van der Waals surface area contributed by atoms with Crippen LogP contribution in [0.15, 0.2) is 0 Å².